The zero-order chi connectivity index (χ0) is 28.9. The number of carbonyl (C=O) groups is 1. The smallest absolute Gasteiger partial charge is 0.424 e. The zero-order valence-electron chi connectivity index (χ0n) is 21.8. The van der Waals surface area contributed by atoms with Crippen LogP contribution in [-0.4, -0.2) is 49.0 Å². The van der Waals surface area contributed by atoms with Gasteiger partial charge in [0.25, 0.3) is 5.91 Å². The Hall–Kier alpha value is -3.90. The largest absolute Gasteiger partial charge is 0.495 e. The van der Waals surface area contributed by atoms with E-state index in [4.69, 9.17) is 15.2 Å². The van der Waals surface area contributed by atoms with Gasteiger partial charge in [-0.05, 0) is 67.8 Å². The van der Waals surface area contributed by atoms with E-state index in [0.29, 0.717) is 12.2 Å². The van der Waals surface area contributed by atoms with Gasteiger partial charge in [-0.2, -0.15) is 13.2 Å². The number of aryl methyl sites for hydroxylation is 1. The van der Waals surface area contributed by atoms with Crippen molar-refractivity contribution in [1.82, 2.24) is 10.3 Å². The van der Waals surface area contributed by atoms with Gasteiger partial charge in [-0.15, -0.1) is 0 Å². The number of halogens is 4. The number of alkyl halides is 3. The molecule has 5 rings (SSSR count). The summed E-state index contributed by atoms with van der Waals surface area (Å²) in [4.78, 5) is 17.2. The molecule has 0 radical (unpaired) electrons. The molecule has 1 aromatic heterocycles. The van der Waals surface area contributed by atoms with Gasteiger partial charge in [-0.25, -0.2) is 9.37 Å². The lowest BCUT2D eigenvalue weighted by Crippen LogP contribution is -2.51. The number of anilines is 1. The second-order valence-corrected chi connectivity index (χ2v) is 10.2. The van der Waals surface area contributed by atoms with E-state index >= 15 is 0 Å². The summed E-state index contributed by atoms with van der Waals surface area (Å²) in [6.45, 7) is 1.03. The molecule has 2 aliphatic heterocycles. The van der Waals surface area contributed by atoms with Crippen molar-refractivity contribution in [2.75, 3.05) is 32.1 Å². The highest BCUT2D eigenvalue weighted by atomic mass is 19.4. The van der Waals surface area contributed by atoms with Crippen LogP contribution in [0.15, 0.2) is 42.5 Å². The van der Waals surface area contributed by atoms with Gasteiger partial charge in [0.15, 0.2) is 5.75 Å². The first-order valence-electron chi connectivity index (χ1n) is 12.6. The minimum atomic E-state index is -5.25. The molecule has 8 nitrogen and oxygen atoms in total. The normalized spacial score (nSPS) is 19.5. The van der Waals surface area contributed by atoms with Crippen LogP contribution in [0.1, 0.15) is 40.5 Å². The number of ether oxygens (including phenoxy) is 2. The summed E-state index contributed by atoms with van der Waals surface area (Å²) in [5, 5.41) is 16.6. The number of hydrogen-bond donors (Lipinski definition) is 4. The molecule has 0 saturated heterocycles. The Kier molecular flexibility index (Phi) is 6.87. The van der Waals surface area contributed by atoms with E-state index in [-0.39, 0.29) is 34.7 Å². The van der Waals surface area contributed by atoms with Crippen LogP contribution in [0.25, 0.3) is 11.3 Å². The number of methoxy groups -OCH3 is 1. The number of fused-ring (bicyclic) bond motifs is 2. The third kappa shape index (κ3) is 4.81. The Labute approximate surface area is 227 Å². The first-order valence-corrected chi connectivity index (χ1v) is 12.6. The zero-order valence-corrected chi connectivity index (χ0v) is 21.8. The van der Waals surface area contributed by atoms with Crippen molar-refractivity contribution in [3.05, 3.63) is 70.7 Å². The molecule has 3 aromatic rings. The topological polar surface area (TPSA) is 119 Å². The summed E-state index contributed by atoms with van der Waals surface area (Å²) in [6, 6.07) is 8.99. The summed E-state index contributed by atoms with van der Waals surface area (Å²) in [7, 11) is 1.43. The minimum absolute atomic E-state index is 0.0393. The van der Waals surface area contributed by atoms with E-state index in [2.05, 4.69) is 15.6 Å². The number of amides is 1. The standard InChI is InChI=1S/C28H28F4N4O4/c1-26(33)14-40-24-19(26)12-21(36-23(24)15-5-7-18(29)8-6-15)27(38,28(30,31)32)13-35-25(37)17-10-16-4-3-9-34-22(16)20(11-17)39-2/h5-8,10-12,34,38H,3-4,9,13-14,33H2,1-2H3,(H,35,37)/t26-,27-/m1/s1. The molecule has 2 atom stereocenters. The van der Waals surface area contributed by atoms with Gasteiger partial charge in [0.1, 0.15) is 23.9 Å². The van der Waals surface area contributed by atoms with Gasteiger partial charge in [-0.1, -0.05) is 0 Å². The molecule has 2 aliphatic rings. The second-order valence-electron chi connectivity index (χ2n) is 10.2. The first-order chi connectivity index (χ1) is 18.8. The molecular formula is C28H28F4N4O4. The first kappa shape index (κ1) is 27.7. The monoisotopic (exact) mass is 560 g/mol. The molecule has 0 saturated carbocycles. The molecule has 2 aromatic carbocycles. The second kappa shape index (κ2) is 9.93. The van der Waals surface area contributed by atoms with E-state index in [1.165, 1.54) is 25.3 Å². The lowest BCUT2D eigenvalue weighted by molar-refractivity contribution is -0.265. The molecule has 40 heavy (non-hydrogen) atoms. The maximum absolute atomic E-state index is 14.5. The lowest BCUT2D eigenvalue weighted by Gasteiger charge is -2.31. The summed E-state index contributed by atoms with van der Waals surface area (Å²) in [6.07, 6.45) is -3.76. The van der Waals surface area contributed by atoms with E-state index in [9.17, 15) is 27.5 Å². The van der Waals surface area contributed by atoms with Gasteiger partial charge in [-0.3, -0.25) is 4.79 Å². The van der Waals surface area contributed by atoms with Crippen LogP contribution in [0.2, 0.25) is 0 Å². The van der Waals surface area contributed by atoms with Crippen molar-refractivity contribution in [1.29, 1.82) is 0 Å². The molecule has 1 amide bonds. The van der Waals surface area contributed by atoms with Crippen LogP contribution in [0, 0.1) is 5.82 Å². The van der Waals surface area contributed by atoms with Crippen molar-refractivity contribution < 1.29 is 36.9 Å². The number of nitrogens with two attached hydrogens (primary N) is 1. The Bertz CT molecular complexity index is 1440. The molecule has 12 heteroatoms. The van der Waals surface area contributed by atoms with Gasteiger partial charge >= 0.3 is 6.18 Å². The SMILES string of the molecule is COc1cc(C(=O)NC[C@@](O)(c2cc3c(c(-c4ccc(F)cc4)n2)OC[C@@]3(C)N)C(F)(F)F)cc2c1NCCC2. The van der Waals surface area contributed by atoms with E-state index < -0.39 is 41.3 Å². The molecule has 0 bridgehead atoms. The Morgan fingerprint density at radius 2 is 1.98 bits per heavy atom. The maximum atomic E-state index is 14.5. The van der Waals surface area contributed by atoms with Crippen molar-refractivity contribution in [2.24, 2.45) is 5.73 Å². The number of pyridine rings is 1. The van der Waals surface area contributed by atoms with Crippen LogP contribution >= 0.6 is 0 Å². The Morgan fingerprint density at radius 3 is 2.65 bits per heavy atom. The highest BCUT2D eigenvalue weighted by molar-refractivity contribution is 5.96. The van der Waals surface area contributed by atoms with Crippen LogP contribution in [-0.2, 0) is 17.6 Å². The van der Waals surface area contributed by atoms with Gasteiger partial charge in [0.05, 0.1) is 30.6 Å². The molecule has 212 valence electrons. The molecule has 0 fully saturated rings. The fourth-order valence-corrected chi connectivity index (χ4v) is 4.92. The number of carbonyl (C=O) groups excluding carboxylic acids is 1. The van der Waals surface area contributed by atoms with Crippen LogP contribution in [0.3, 0.4) is 0 Å². The number of aromatic nitrogens is 1. The molecule has 0 aliphatic carbocycles. The van der Waals surface area contributed by atoms with E-state index in [1.807, 2.05) is 0 Å². The quantitative estimate of drug-likeness (QED) is 0.337. The minimum Gasteiger partial charge on any atom is -0.495 e. The van der Waals surface area contributed by atoms with Crippen molar-refractivity contribution >= 4 is 11.6 Å². The van der Waals surface area contributed by atoms with E-state index in [1.54, 1.807) is 13.0 Å². The number of benzene rings is 2. The average molecular weight is 561 g/mol. The summed E-state index contributed by atoms with van der Waals surface area (Å²) in [5.41, 5.74) is 2.77. The predicted molar refractivity (Wildman–Crippen MR) is 139 cm³/mol. The predicted octanol–water partition coefficient (Wildman–Crippen LogP) is 4.00. The van der Waals surface area contributed by atoms with Crippen LogP contribution in [0.4, 0.5) is 23.2 Å². The molecule has 0 unspecified atom stereocenters. The number of hydrogen-bond acceptors (Lipinski definition) is 7. The molecule has 3 heterocycles. The van der Waals surface area contributed by atoms with Crippen LogP contribution < -0.4 is 25.8 Å². The lowest BCUT2D eigenvalue weighted by atomic mass is 9.89. The number of nitrogens with one attached hydrogen (secondary N) is 2. The fourth-order valence-electron chi connectivity index (χ4n) is 4.92. The van der Waals surface area contributed by atoms with Gasteiger partial charge in [0, 0.05) is 23.2 Å². The molecule has 0 spiro atoms. The number of nitrogens with zero attached hydrogens (tertiary/aromatic N) is 1. The molecule has 5 N–H and O–H groups in total. The highest BCUT2D eigenvalue weighted by Gasteiger charge is 2.57. The summed E-state index contributed by atoms with van der Waals surface area (Å²) >= 11 is 0. The highest BCUT2D eigenvalue weighted by Crippen LogP contribution is 2.46. The Morgan fingerprint density at radius 1 is 1.25 bits per heavy atom. The number of rotatable bonds is 6. The van der Waals surface area contributed by atoms with Crippen LogP contribution in [0.5, 0.6) is 11.5 Å². The average Bonchev–Trinajstić information content (AvgIpc) is 3.24. The van der Waals surface area contributed by atoms with Crippen molar-refractivity contribution in [3.8, 4) is 22.8 Å². The molecular weight excluding hydrogens is 532 g/mol. The summed E-state index contributed by atoms with van der Waals surface area (Å²) < 4.78 is 68.2. The Balaban J connectivity index is 1.53. The maximum Gasteiger partial charge on any atom is 0.424 e. The van der Waals surface area contributed by atoms with Crippen molar-refractivity contribution in [3.63, 3.8) is 0 Å². The third-order valence-electron chi connectivity index (χ3n) is 7.21. The number of aliphatic hydroxyl groups is 1. The third-order valence-corrected chi connectivity index (χ3v) is 7.21. The van der Waals surface area contributed by atoms with Crippen molar-refractivity contribution in [2.45, 2.75) is 37.1 Å². The van der Waals surface area contributed by atoms with E-state index in [0.717, 1.165) is 42.4 Å². The summed E-state index contributed by atoms with van der Waals surface area (Å²) in [5.74, 6) is -0.852. The van der Waals surface area contributed by atoms with Gasteiger partial charge in [0.2, 0.25) is 5.60 Å². The fraction of sp³-hybridized carbons (Fsp3) is 0.357. The van der Waals surface area contributed by atoms with Gasteiger partial charge < -0.3 is 30.9 Å².